The topological polar surface area (TPSA) is 34.1 Å². The van der Waals surface area contributed by atoms with Gasteiger partial charge in [-0.2, -0.15) is 0 Å². The molecule has 110 valence electrons. The van der Waals surface area contributed by atoms with E-state index < -0.39 is 13.9 Å². The van der Waals surface area contributed by atoms with Crippen LogP contribution in [0.25, 0.3) is 0 Å². The fourth-order valence-electron chi connectivity index (χ4n) is 1.41. The standard InChI is InChI=1S/C10H17Br5O2S/c1-2-3-4-5-6-7-8-9(11,12)18(16,17)10(13,14)15/h2-8H2,1H3. The minimum absolute atomic E-state index is 0.520. The second kappa shape index (κ2) is 8.71. The van der Waals surface area contributed by atoms with Gasteiger partial charge in [0.1, 0.15) is 0 Å². The van der Waals surface area contributed by atoms with Crippen molar-refractivity contribution < 1.29 is 8.42 Å². The molecule has 0 saturated heterocycles. The summed E-state index contributed by atoms with van der Waals surface area (Å²) < 4.78 is 22.0. The van der Waals surface area contributed by atoms with Crippen LogP contribution in [-0.2, 0) is 9.84 Å². The van der Waals surface area contributed by atoms with E-state index >= 15 is 0 Å². The van der Waals surface area contributed by atoms with Gasteiger partial charge in [-0.15, -0.1) is 0 Å². The highest BCUT2D eigenvalue weighted by atomic mass is 80.0. The maximum Gasteiger partial charge on any atom is 0.237 e. The SMILES string of the molecule is CCCCCCCCC(Br)(Br)S(=O)(=O)C(Br)(Br)Br. The molecule has 8 heteroatoms. The molecular weight excluding hydrogens is 584 g/mol. The van der Waals surface area contributed by atoms with Crippen LogP contribution in [-0.4, -0.2) is 12.5 Å². The van der Waals surface area contributed by atoms with Crippen LogP contribution in [0.15, 0.2) is 0 Å². The van der Waals surface area contributed by atoms with Crippen LogP contribution >= 0.6 is 79.6 Å². The van der Waals surface area contributed by atoms with Crippen molar-refractivity contribution in [3.8, 4) is 0 Å². The summed E-state index contributed by atoms with van der Waals surface area (Å²) in [6, 6.07) is 0. The summed E-state index contributed by atoms with van der Waals surface area (Å²) in [7, 11) is -3.49. The monoisotopic (exact) mass is 596 g/mol. The predicted molar refractivity (Wildman–Crippen MR) is 97.0 cm³/mol. The first-order valence-electron chi connectivity index (χ1n) is 5.75. The summed E-state index contributed by atoms with van der Waals surface area (Å²) in [4.78, 5) is 0. The minimum Gasteiger partial charge on any atom is -0.223 e. The highest BCUT2D eigenvalue weighted by Crippen LogP contribution is 2.51. The second-order valence-electron chi connectivity index (χ2n) is 4.10. The van der Waals surface area contributed by atoms with Gasteiger partial charge >= 0.3 is 0 Å². The molecule has 0 amide bonds. The van der Waals surface area contributed by atoms with Gasteiger partial charge in [0.25, 0.3) is 0 Å². The average molecular weight is 601 g/mol. The van der Waals surface area contributed by atoms with Crippen molar-refractivity contribution in [3.05, 3.63) is 0 Å². The smallest absolute Gasteiger partial charge is 0.223 e. The number of unbranched alkanes of at least 4 members (excludes halogenated alkanes) is 5. The van der Waals surface area contributed by atoms with E-state index in [2.05, 4.69) is 86.6 Å². The average Bonchev–Trinajstić information content (AvgIpc) is 2.21. The molecule has 0 aliphatic carbocycles. The molecule has 0 aromatic carbocycles. The molecule has 0 aliphatic rings. The Hall–Kier alpha value is 2.35. The molecule has 0 aliphatic heterocycles. The van der Waals surface area contributed by atoms with Gasteiger partial charge in [-0.1, -0.05) is 77.3 Å². The predicted octanol–water partition coefficient (Wildman–Crippen LogP) is 6.39. The van der Waals surface area contributed by atoms with Crippen LogP contribution in [0.2, 0.25) is 0 Å². The van der Waals surface area contributed by atoms with E-state index in [4.69, 9.17) is 0 Å². The lowest BCUT2D eigenvalue weighted by Gasteiger charge is -2.26. The molecule has 0 fully saturated rings. The summed E-state index contributed by atoms with van der Waals surface area (Å²) in [5.74, 6) is 0. The summed E-state index contributed by atoms with van der Waals surface area (Å²) in [5, 5.41) is 0. The number of hydrogen-bond acceptors (Lipinski definition) is 2. The molecule has 0 N–H and O–H groups in total. The minimum atomic E-state index is -3.49. The zero-order valence-electron chi connectivity index (χ0n) is 10.1. The van der Waals surface area contributed by atoms with Gasteiger partial charge < -0.3 is 0 Å². The van der Waals surface area contributed by atoms with Gasteiger partial charge in [0.15, 0.2) is 2.57 Å². The van der Waals surface area contributed by atoms with Crippen LogP contribution in [0, 0.1) is 0 Å². The highest BCUT2D eigenvalue weighted by Gasteiger charge is 2.50. The Labute approximate surface area is 152 Å². The van der Waals surface area contributed by atoms with Crippen LogP contribution in [0.4, 0.5) is 0 Å². The zero-order valence-corrected chi connectivity index (χ0v) is 18.8. The Kier molecular flexibility index (Phi) is 9.85. The number of hydrogen-bond donors (Lipinski definition) is 0. The lowest BCUT2D eigenvalue weighted by molar-refractivity contribution is 0.571. The third-order valence-electron chi connectivity index (χ3n) is 2.52. The zero-order chi connectivity index (χ0) is 14.4. The van der Waals surface area contributed by atoms with Gasteiger partial charge in [0, 0.05) is 0 Å². The number of alkyl halides is 5. The number of rotatable bonds is 8. The van der Waals surface area contributed by atoms with E-state index in [0.717, 1.165) is 19.3 Å². The van der Waals surface area contributed by atoms with Crippen molar-refractivity contribution >= 4 is 89.5 Å². The van der Waals surface area contributed by atoms with E-state index in [0.29, 0.717) is 6.42 Å². The molecule has 0 saturated carbocycles. The lowest BCUT2D eigenvalue weighted by atomic mass is 10.1. The highest BCUT2D eigenvalue weighted by molar-refractivity contribution is 9.43. The molecule has 0 aromatic heterocycles. The largest absolute Gasteiger partial charge is 0.237 e. The summed E-state index contributed by atoms with van der Waals surface area (Å²) >= 11 is 15.7. The van der Waals surface area contributed by atoms with Crippen molar-refractivity contribution in [2.45, 2.75) is 55.9 Å². The van der Waals surface area contributed by atoms with Gasteiger partial charge in [0.05, 0.1) is 0 Å². The van der Waals surface area contributed by atoms with Crippen LogP contribution in [0.3, 0.4) is 0 Å². The quantitative estimate of drug-likeness (QED) is 0.239. The van der Waals surface area contributed by atoms with E-state index in [-0.39, 0.29) is 0 Å². The second-order valence-corrected chi connectivity index (χ2v) is 19.6. The molecule has 0 heterocycles. The molecule has 18 heavy (non-hydrogen) atoms. The Morgan fingerprint density at radius 3 is 1.72 bits per heavy atom. The summed E-state index contributed by atoms with van der Waals surface area (Å²) in [5.41, 5.74) is 0. The Morgan fingerprint density at radius 2 is 1.28 bits per heavy atom. The van der Waals surface area contributed by atoms with Gasteiger partial charge in [-0.3, -0.25) is 0 Å². The van der Waals surface area contributed by atoms with Crippen molar-refractivity contribution in [3.63, 3.8) is 0 Å². The molecule has 0 bridgehead atoms. The first-order valence-corrected chi connectivity index (χ1v) is 11.2. The fourth-order valence-corrected chi connectivity index (χ4v) is 10.6. The van der Waals surface area contributed by atoms with Crippen LogP contribution in [0.1, 0.15) is 51.9 Å². The number of halogens is 5. The molecule has 0 aromatic rings. The fraction of sp³-hybridized carbons (Fsp3) is 1.00. The molecular formula is C10H17Br5O2S. The lowest BCUT2D eigenvalue weighted by Crippen LogP contribution is -2.34. The van der Waals surface area contributed by atoms with Gasteiger partial charge in [0.2, 0.25) is 11.3 Å². The molecule has 0 spiro atoms. The summed E-state index contributed by atoms with van der Waals surface area (Å²) in [6.45, 7) is 2.18. The van der Waals surface area contributed by atoms with Crippen molar-refractivity contribution in [2.24, 2.45) is 0 Å². The van der Waals surface area contributed by atoms with Crippen molar-refractivity contribution in [1.29, 1.82) is 0 Å². The Bertz CT molecular complexity index is 335. The van der Waals surface area contributed by atoms with E-state index in [1.807, 2.05) is 0 Å². The molecule has 0 rings (SSSR count). The Balaban J connectivity index is 4.25. The Morgan fingerprint density at radius 1 is 0.833 bits per heavy atom. The molecule has 0 atom stereocenters. The van der Waals surface area contributed by atoms with E-state index in [9.17, 15) is 8.42 Å². The third kappa shape index (κ3) is 6.41. The van der Waals surface area contributed by atoms with E-state index in [1.54, 1.807) is 0 Å². The molecule has 2 nitrogen and oxygen atoms in total. The number of sulfone groups is 1. The third-order valence-corrected chi connectivity index (χ3v) is 11.3. The maximum absolute atomic E-state index is 12.2. The molecule has 0 radical (unpaired) electrons. The van der Waals surface area contributed by atoms with Gasteiger partial charge in [-0.25, -0.2) is 8.42 Å². The first-order chi connectivity index (χ1) is 8.06. The van der Waals surface area contributed by atoms with Crippen molar-refractivity contribution in [2.75, 3.05) is 0 Å². The van der Waals surface area contributed by atoms with Gasteiger partial charge in [-0.05, 0) is 54.2 Å². The molecule has 0 unspecified atom stereocenters. The van der Waals surface area contributed by atoms with Crippen LogP contribution < -0.4 is 0 Å². The summed E-state index contributed by atoms with van der Waals surface area (Å²) in [6.07, 6.45) is 7.28. The van der Waals surface area contributed by atoms with Crippen molar-refractivity contribution in [1.82, 2.24) is 0 Å². The first kappa shape index (κ1) is 20.3. The van der Waals surface area contributed by atoms with E-state index in [1.165, 1.54) is 19.3 Å². The van der Waals surface area contributed by atoms with Crippen LogP contribution in [0.5, 0.6) is 0 Å². The normalized spacial score (nSPS) is 13.9. The maximum atomic E-state index is 12.2.